The first kappa shape index (κ1) is 14.1. The fourth-order valence-corrected chi connectivity index (χ4v) is 2.78. The highest BCUT2D eigenvalue weighted by Crippen LogP contribution is 2.47. The molecular formula is C14H15F2NO4. The smallest absolute Gasteiger partial charge is 0.466 e. The van der Waals surface area contributed by atoms with Crippen LogP contribution in [0.2, 0.25) is 0 Å². The predicted molar refractivity (Wildman–Crippen MR) is 68.4 cm³/mol. The van der Waals surface area contributed by atoms with Crippen molar-refractivity contribution in [3.05, 3.63) is 23.8 Å². The SMILES string of the molecule is CCOC(=O)C1CNCC1c1cccc2c1OC(F)(F)O2. The summed E-state index contributed by atoms with van der Waals surface area (Å²) in [6, 6.07) is 4.70. The van der Waals surface area contributed by atoms with Gasteiger partial charge in [-0.05, 0) is 13.0 Å². The normalized spacial score (nSPS) is 25.9. The summed E-state index contributed by atoms with van der Waals surface area (Å²) in [7, 11) is 0. The van der Waals surface area contributed by atoms with E-state index in [1.165, 1.54) is 6.07 Å². The Morgan fingerprint density at radius 2 is 2.24 bits per heavy atom. The molecule has 0 spiro atoms. The van der Waals surface area contributed by atoms with Crippen molar-refractivity contribution in [2.75, 3.05) is 19.7 Å². The zero-order valence-corrected chi connectivity index (χ0v) is 11.4. The van der Waals surface area contributed by atoms with Crippen molar-refractivity contribution >= 4 is 5.97 Å². The Bertz CT molecular complexity index is 564. The number of halogens is 2. The molecule has 1 aromatic rings. The maximum absolute atomic E-state index is 13.2. The van der Waals surface area contributed by atoms with Gasteiger partial charge in [-0.25, -0.2) is 0 Å². The fraction of sp³-hybridized carbons (Fsp3) is 0.500. The van der Waals surface area contributed by atoms with E-state index in [-0.39, 0.29) is 30.0 Å². The van der Waals surface area contributed by atoms with Crippen LogP contribution in [0.3, 0.4) is 0 Å². The summed E-state index contributed by atoms with van der Waals surface area (Å²) in [6.07, 6.45) is -3.66. The van der Waals surface area contributed by atoms with Crippen LogP contribution in [0.25, 0.3) is 0 Å². The lowest BCUT2D eigenvalue weighted by atomic mass is 9.88. The van der Waals surface area contributed by atoms with Gasteiger partial charge >= 0.3 is 12.3 Å². The number of benzene rings is 1. The second-order valence-electron chi connectivity index (χ2n) is 4.97. The third-order valence-electron chi connectivity index (χ3n) is 3.66. The fourth-order valence-electron chi connectivity index (χ4n) is 2.78. The molecule has 3 rings (SSSR count). The summed E-state index contributed by atoms with van der Waals surface area (Å²) in [5, 5.41) is 3.09. The standard InChI is InChI=1S/C14H15F2NO4/c1-2-19-13(18)10-7-17-6-9(10)8-4-3-5-11-12(8)21-14(15,16)20-11/h3-5,9-10,17H,2,6-7H2,1H3. The second kappa shape index (κ2) is 5.14. The maximum Gasteiger partial charge on any atom is 0.586 e. The van der Waals surface area contributed by atoms with Crippen molar-refractivity contribution in [3.63, 3.8) is 0 Å². The molecule has 2 aliphatic rings. The van der Waals surface area contributed by atoms with Gasteiger partial charge in [0.15, 0.2) is 11.5 Å². The Kier molecular flexibility index (Phi) is 3.44. The third kappa shape index (κ3) is 2.53. The molecular weight excluding hydrogens is 284 g/mol. The lowest BCUT2D eigenvalue weighted by Crippen LogP contribution is -2.27. The van der Waals surface area contributed by atoms with Gasteiger partial charge in [0.05, 0.1) is 12.5 Å². The maximum atomic E-state index is 13.2. The van der Waals surface area contributed by atoms with E-state index >= 15 is 0 Å². The van der Waals surface area contributed by atoms with Crippen LogP contribution in [0.5, 0.6) is 11.5 Å². The molecule has 114 valence electrons. The minimum atomic E-state index is -3.66. The molecule has 21 heavy (non-hydrogen) atoms. The highest BCUT2D eigenvalue weighted by atomic mass is 19.3. The Morgan fingerprint density at radius 1 is 1.43 bits per heavy atom. The van der Waals surface area contributed by atoms with Crippen molar-refractivity contribution in [1.82, 2.24) is 5.32 Å². The average molecular weight is 299 g/mol. The van der Waals surface area contributed by atoms with E-state index in [0.717, 1.165) is 0 Å². The van der Waals surface area contributed by atoms with Crippen LogP contribution < -0.4 is 14.8 Å². The summed E-state index contributed by atoms with van der Waals surface area (Å²) in [5.41, 5.74) is 0.535. The Labute approximate surface area is 120 Å². The van der Waals surface area contributed by atoms with Crippen molar-refractivity contribution in [2.45, 2.75) is 19.1 Å². The number of ether oxygens (including phenoxy) is 3. The third-order valence-corrected chi connectivity index (χ3v) is 3.66. The van der Waals surface area contributed by atoms with Crippen LogP contribution >= 0.6 is 0 Å². The number of esters is 1. The highest BCUT2D eigenvalue weighted by molar-refractivity contribution is 5.75. The quantitative estimate of drug-likeness (QED) is 0.864. The van der Waals surface area contributed by atoms with Gasteiger partial charge in [-0.2, -0.15) is 0 Å². The zero-order chi connectivity index (χ0) is 15.0. The van der Waals surface area contributed by atoms with Crippen LogP contribution in [0.4, 0.5) is 8.78 Å². The average Bonchev–Trinajstić information content (AvgIpc) is 3.00. The summed E-state index contributed by atoms with van der Waals surface area (Å²) in [6.45, 7) is 2.96. The van der Waals surface area contributed by atoms with Gasteiger partial charge in [0.2, 0.25) is 0 Å². The van der Waals surface area contributed by atoms with Crippen LogP contribution in [0.15, 0.2) is 18.2 Å². The van der Waals surface area contributed by atoms with Gasteiger partial charge in [-0.15, -0.1) is 8.78 Å². The molecule has 0 aliphatic carbocycles. The number of hydrogen-bond donors (Lipinski definition) is 1. The molecule has 0 aromatic heterocycles. The van der Waals surface area contributed by atoms with Crippen LogP contribution in [-0.4, -0.2) is 32.0 Å². The van der Waals surface area contributed by atoms with Crippen LogP contribution in [0, 0.1) is 5.92 Å². The molecule has 0 bridgehead atoms. The first-order chi connectivity index (χ1) is 10.0. The molecule has 2 atom stereocenters. The number of hydrogen-bond acceptors (Lipinski definition) is 5. The van der Waals surface area contributed by atoms with Crippen LogP contribution in [0.1, 0.15) is 18.4 Å². The summed E-state index contributed by atoms with van der Waals surface area (Å²) in [5.74, 6) is -1.04. The van der Waals surface area contributed by atoms with E-state index < -0.39 is 12.2 Å². The van der Waals surface area contributed by atoms with E-state index in [0.29, 0.717) is 18.7 Å². The zero-order valence-electron chi connectivity index (χ0n) is 11.4. The molecule has 1 fully saturated rings. The number of alkyl halides is 2. The Hall–Kier alpha value is -1.89. The molecule has 2 unspecified atom stereocenters. The van der Waals surface area contributed by atoms with Crippen molar-refractivity contribution in [1.29, 1.82) is 0 Å². The molecule has 0 saturated carbocycles. The lowest BCUT2D eigenvalue weighted by molar-refractivity contribution is -0.287. The van der Waals surface area contributed by atoms with Crippen LogP contribution in [-0.2, 0) is 9.53 Å². The highest BCUT2D eigenvalue weighted by Gasteiger charge is 2.46. The number of carbonyl (C=O) groups is 1. The van der Waals surface area contributed by atoms with Crippen molar-refractivity contribution < 1.29 is 27.8 Å². The van der Waals surface area contributed by atoms with Crippen molar-refractivity contribution in [2.24, 2.45) is 5.92 Å². The van der Waals surface area contributed by atoms with Crippen molar-refractivity contribution in [3.8, 4) is 11.5 Å². The van der Waals surface area contributed by atoms with Gasteiger partial charge < -0.3 is 19.5 Å². The van der Waals surface area contributed by atoms with E-state index in [9.17, 15) is 13.6 Å². The Balaban J connectivity index is 1.91. The molecule has 1 N–H and O–H groups in total. The minimum absolute atomic E-state index is 0.00509. The van der Waals surface area contributed by atoms with E-state index in [1.54, 1.807) is 19.1 Å². The molecule has 2 aliphatic heterocycles. The Morgan fingerprint density at radius 3 is 3.00 bits per heavy atom. The second-order valence-corrected chi connectivity index (χ2v) is 4.97. The minimum Gasteiger partial charge on any atom is -0.466 e. The molecule has 0 amide bonds. The first-order valence-corrected chi connectivity index (χ1v) is 6.78. The largest absolute Gasteiger partial charge is 0.586 e. The number of carbonyl (C=O) groups excluding carboxylic acids is 1. The number of para-hydroxylation sites is 1. The molecule has 1 saturated heterocycles. The van der Waals surface area contributed by atoms with Gasteiger partial charge in [0.1, 0.15) is 0 Å². The molecule has 2 heterocycles. The van der Waals surface area contributed by atoms with Gasteiger partial charge in [0, 0.05) is 24.6 Å². The summed E-state index contributed by atoms with van der Waals surface area (Å²) in [4.78, 5) is 12.0. The molecule has 7 heteroatoms. The number of fused-ring (bicyclic) bond motifs is 1. The number of nitrogens with one attached hydrogen (secondary N) is 1. The monoisotopic (exact) mass is 299 g/mol. The van der Waals surface area contributed by atoms with E-state index in [1.807, 2.05) is 0 Å². The first-order valence-electron chi connectivity index (χ1n) is 6.78. The van der Waals surface area contributed by atoms with E-state index in [2.05, 4.69) is 14.8 Å². The van der Waals surface area contributed by atoms with Gasteiger partial charge in [-0.1, -0.05) is 12.1 Å². The topological polar surface area (TPSA) is 56.8 Å². The lowest BCUT2D eigenvalue weighted by Gasteiger charge is -2.18. The van der Waals surface area contributed by atoms with Gasteiger partial charge in [0.25, 0.3) is 0 Å². The summed E-state index contributed by atoms with van der Waals surface area (Å²) >= 11 is 0. The molecule has 5 nitrogen and oxygen atoms in total. The molecule has 0 radical (unpaired) electrons. The predicted octanol–water partition coefficient (Wildman–Crippen LogP) is 1.87. The van der Waals surface area contributed by atoms with Gasteiger partial charge in [-0.3, -0.25) is 4.79 Å². The molecule has 1 aromatic carbocycles. The summed E-state index contributed by atoms with van der Waals surface area (Å²) < 4.78 is 40.5. The van der Waals surface area contributed by atoms with E-state index in [4.69, 9.17) is 4.74 Å². The number of rotatable bonds is 3.